The van der Waals surface area contributed by atoms with E-state index in [9.17, 15) is 14.4 Å². The normalized spacial score (nSPS) is 19.3. The average Bonchev–Trinajstić information content (AvgIpc) is 2.97. The van der Waals surface area contributed by atoms with E-state index in [0.717, 1.165) is 10.5 Å². The standard InChI is InChI=1S/C20H19N3O4/c24-18(22-10-11-27-17(13-22)14-4-2-1-3-5-14)7-9-23-19(25)15-6-8-21-12-16(15)20(23)26/h1-6,8,12,17H,7,9-11,13H2/t17-/m0/s1. The topological polar surface area (TPSA) is 79.8 Å². The first-order valence-electron chi connectivity index (χ1n) is 8.89. The van der Waals surface area contributed by atoms with Crippen LogP contribution >= 0.6 is 0 Å². The maximum Gasteiger partial charge on any atom is 0.263 e. The predicted molar refractivity (Wildman–Crippen MR) is 95.9 cm³/mol. The Morgan fingerprint density at radius 2 is 1.89 bits per heavy atom. The number of amides is 3. The van der Waals surface area contributed by atoms with Gasteiger partial charge in [-0.2, -0.15) is 0 Å². The van der Waals surface area contributed by atoms with Crippen molar-refractivity contribution < 1.29 is 19.1 Å². The minimum Gasteiger partial charge on any atom is -0.370 e. The molecule has 7 heteroatoms. The Balaban J connectivity index is 1.37. The van der Waals surface area contributed by atoms with Gasteiger partial charge in [0.1, 0.15) is 6.10 Å². The lowest BCUT2D eigenvalue weighted by atomic mass is 10.1. The van der Waals surface area contributed by atoms with Crippen LogP contribution in [0.2, 0.25) is 0 Å². The number of morpholine rings is 1. The Bertz CT molecular complexity index is 849. The first-order valence-corrected chi connectivity index (χ1v) is 8.89. The molecule has 0 N–H and O–H groups in total. The molecule has 138 valence electrons. The molecule has 7 nitrogen and oxygen atoms in total. The summed E-state index contributed by atoms with van der Waals surface area (Å²) in [6.07, 6.45) is 2.81. The third kappa shape index (κ3) is 3.33. The van der Waals surface area contributed by atoms with Crippen LogP contribution in [-0.2, 0) is 9.53 Å². The van der Waals surface area contributed by atoms with Crippen LogP contribution in [0.4, 0.5) is 0 Å². The smallest absolute Gasteiger partial charge is 0.263 e. The molecule has 0 unspecified atom stereocenters. The molecule has 1 atom stereocenters. The highest BCUT2D eigenvalue weighted by Gasteiger charge is 2.36. The summed E-state index contributed by atoms with van der Waals surface area (Å²) in [4.78, 5) is 44.1. The van der Waals surface area contributed by atoms with Crippen molar-refractivity contribution in [1.29, 1.82) is 0 Å². The third-order valence-electron chi connectivity index (χ3n) is 4.91. The summed E-state index contributed by atoms with van der Waals surface area (Å²) < 4.78 is 5.78. The van der Waals surface area contributed by atoms with E-state index in [2.05, 4.69) is 4.98 Å². The third-order valence-corrected chi connectivity index (χ3v) is 4.91. The molecule has 0 saturated carbocycles. The number of pyridine rings is 1. The van der Waals surface area contributed by atoms with Gasteiger partial charge < -0.3 is 9.64 Å². The van der Waals surface area contributed by atoms with Crippen molar-refractivity contribution in [3.8, 4) is 0 Å². The lowest BCUT2D eigenvalue weighted by Gasteiger charge is -2.33. The molecule has 0 aliphatic carbocycles. The zero-order valence-electron chi connectivity index (χ0n) is 14.7. The highest BCUT2D eigenvalue weighted by molar-refractivity contribution is 6.21. The van der Waals surface area contributed by atoms with Gasteiger partial charge in [-0.3, -0.25) is 24.3 Å². The molecule has 3 amide bonds. The fraction of sp³-hybridized carbons (Fsp3) is 0.300. The monoisotopic (exact) mass is 365 g/mol. The van der Waals surface area contributed by atoms with E-state index in [1.54, 1.807) is 4.90 Å². The molecule has 27 heavy (non-hydrogen) atoms. The van der Waals surface area contributed by atoms with Gasteiger partial charge >= 0.3 is 0 Å². The molecule has 1 aromatic carbocycles. The van der Waals surface area contributed by atoms with Gasteiger partial charge in [0.05, 0.1) is 24.3 Å². The number of rotatable bonds is 4. The number of hydrogen-bond donors (Lipinski definition) is 0. The van der Waals surface area contributed by atoms with Crippen LogP contribution in [0.1, 0.15) is 38.8 Å². The molecule has 2 aliphatic heterocycles. The molecular formula is C20H19N3O4. The summed E-state index contributed by atoms with van der Waals surface area (Å²) in [5.41, 5.74) is 1.67. The number of fused-ring (bicyclic) bond motifs is 1. The Kier molecular flexibility index (Phi) is 4.68. The van der Waals surface area contributed by atoms with Crippen LogP contribution in [0.25, 0.3) is 0 Å². The fourth-order valence-corrected chi connectivity index (χ4v) is 3.45. The van der Waals surface area contributed by atoms with Crippen LogP contribution in [0, 0.1) is 0 Å². The highest BCUT2D eigenvalue weighted by Crippen LogP contribution is 2.24. The van der Waals surface area contributed by atoms with Gasteiger partial charge in [0, 0.05) is 31.9 Å². The van der Waals surface area contributed by atoms with Crippen molar-refractivity contribution in [2.45, 2.75) is 12.5 Å². The van der Waals surface area contributed by atoms with Gasteiger partial charge in [-0.15, -0.1) is 0 Å². The number of hydrogen-bond acceptors (Lipinski definition) is 5. The molecule has 2 aromatic rings. The molecule has 4 rings (SSSR count). The van der Waals surface area contributed by atoms with Gasteiger partial charge in [-0.25, -0.2) is 0 Å². The number of imide groups is 1. The molecule has 3 heterocycles. The van der Waals surface area contributed by atoms with Crippen LogP contribution in [-0.4, -0.2) is 58.7 Å². The van der Waals surface area contributed by atoms with Gasteiger partial charge in [-0.05, 0) is 11.6 Å². The molecular weight excluding hydrogens is 346 g/mol. The van der Waals surface area contributed by atoms with E-state index in [1.807, 2.05) is 30.3 Å². The highest BCUT2D eigenvalue weighted by atomic mass is 16.5. The van der Waals surface area contributed by atoms with E-state index in [-0.39, 0.29) is 36.8 Å². The molecule has 0 spiro atoms. The van der Waals surface area contributed by atoms with Gasteiger partial charge in [0.2, 0.25) is 5.91 Å². The molecule has 1 saturated heterocycles. The minimum absolute atomic E-state index is 0.0680. The maximum absolute atomic E-state index is 12.6. The first kappa shape index (κ1) is 17.4. The summed E-state index contributed by atoms with van der Waals surface area (Å²) >= 11 is 0. The van der Waals surface area contributed by atoms with E-state index >= 15 is 0 Å². The SMILES string of the molecule is O=C(CCN1C(=O)c2ccncc2C1=O)N1CCO[C@H](c2ccccc2)C1. The summed E-state index contributed by atoms with van der Waals surface area (Å²) in [7, 11) is 0. The van der Waals surface area contributed by atoms with E-state index in [1.165, 1.54) is 18.5 Å². The molecule has 1 fully saturated rings. The summed E-state index contributed by atoms with van der Waals surface area (Å²) in [5.74, 6) is -0.844. The van der Waals surface area contributed by atoms with Crippen molar-refractivity contribution in [1.82, 2.24) is 14.8 Å². The summed E-state index contributed by atoms with van der Waals surface area (Å²) in [6, 6.07) is 11.3. The zero-order valence-corrected chi connectivity index (χ0v) is 14.7. The quantitative estimate of drug-likeness (QED) is 0.770. The van der Waals surface area contributed by atoms with Gasteiger partial charge in [0.15, 0.2) is 0 Å². The number of carbonyl (C=O) groups excluding carboxylic acids is 3. The van der Waals surface area contributed by atoms with Crippen molar-refractivity contribution >= 4 is 17.7 Å². The van der Waals surface area contributed by atoms with Crippen LogP contribution in [0.3, 0.4) is 0 Å². The molecule has 2 aliphatic rings. The van der Waals surface area contributed by atoms with E-state index in [4.69, 9.17) is 4.74 Å². The zero-order chi connectivity index (χ0) is 18.8. The second kappa shape index (κ2) is 7.28. The largest absolute Gasteiger partial charge is 0.370 e. The summed E-state index contributed by atoms with van der Waals surface area (Å²) in [5, 5.41) is 0. The lowest BCUT2D eigenvalue weighted by Crippen LogP contribution is -2.43. The average molecular weight is 365 g/mol. The second-order valence-electron chi connectivity index (χ2n) is 6.54. The number of benzene rings is 1. The fourth-order valence-electron chi connectivity index (χ4n) is 3.45. The van der Waals surface area contributed by atoms with Crippen LogP contribution in [0.5, 0.6) is 0 Å². The molecule has 0 bridgehead atoms. The Hall–Kier alpha value is -3.06. The van der Waals surface area contributed by atoms with Gasteiger partial charge in [0.25, 0.3) is 11.8 Å². The van der Waals surface area contributed by atoms with Crippen LogP contribution < -0.4 is 0 Å². The van der Waals surface area contributed by atoms with Crippen LogP contribution in [0.15, 0.2) is 48.8 Å². The van der Waals surface area contributed by atoms with Crippen molar-refractivity contribution in [3.63, 3.8) is 0 Å². The Morgan fingerprint density at radius 3 is 2.67 bits per heavy atom. The minimum atomic E-state index is -0.389. The number of carbonyl (C=O) groups is 3. The lowest BCUT2D eigenvalue weighted by molar-refractivity contribution is -0.139. The molecule has 0 radical (unpaired) electrons. The van der Waals surface area contributed by atoms with E-state index in [0.29, 0.717) is 30.8 Å². The first-order chi connectivity index (χ1) is 13.1. The Labute approximate surface area is 156 Å². The number of aromatic nitrogens is 1. The number of nitrogens with zero attached hydrogens (tertiary/aromatic N) is 3. The second-order valence-corrected chi connectivity index (χ2v) is 6.54. The van der Waals surface area contributed by atoms with Gasteiger partial charge in [-0.1, -0.05) is 30.3 Å². The summed E-state index contributed by atoms with van der Waals surface area (Å²) in [6.45, 7) is 1.51. The predicted octanol–water partition coefficient (Wildman–Crippen LogP) is 1.67. The van der Waals surface area contributed by atoms with Crippen molar-refractivity contribution in [2.24, 2.45) is 0 Å². The van der Waals surface area contributed by atoms with Crippen molar-refractivity contribution in [2.75, 3.05) is 26.2 Å². The maximum atomic E-state index is 12.6. The van der Waals surface area contributed by atoms with Crippen molar-refractivity contribution in [3.05, 3.63) is 65.5 Å². The Morgan fingerprint density at radius 1 is 1.11 bits per heavy atom. The number of ether oxygens (including phenoxy) is 1. The van der Waals surface area contributed by atoms with E-state index < -0.39 is 0 Å². The molecule has 1 aromatic heterocycles.